The largest absolute Gasteiger partial charge is 0.492 e. The maximum absolute atomic E-state index is 11.9. The maximum Gasteiger partial charge on any atom is 0.409 e. The highest BCUT2D eigenvalue weighted by atomic mass is 127. The quantitative estimate of drug-likeness (QED) is 0.212. The number of benzene rings is 1. The molecule has 0 aliphatic carbocycles. The normalized spacial score (nSPS) is 14.4. The molecule has 1 aliphatic heterocycles. The van der Waals surface area contributed by atoms with Crippen molar-refractivity contribution in [2.24, 2.45) is 4.99 Å². The topological polar surface area (TPSA) is 88.3 Å². The van der Waals surface area contributed by atoms with Crippen molar-refractivity contribution in [3.05, 3.63) is 54.5 Å². The van der Waals surface area contributed by atoms with Gasteiger partial charge in [-0.05, 0) is 44.0 Å². The zero-order valence-corrected chi connectivity index (χ0v) is 20.8. The molecule has 32 heavy (non-hydrogen) atoms. The van der Waals surface area contributed by atoms with Gasteiger partial charge in [0, 0.05) is 32.1 Å². The number of para-hydroxylation sites is 1. The highest BCUT2D eigenvalue weighted by Crippen LogP contribution is 2.12. The summed E-state index contributed by atoms with van der Waals surface area (Å²) in [4.78, 5) is 18.4. The average molecular weight is 556 g/mol. The van der Waals surface area contributed by atoms with Gasteiger partial charge in [0.05, 0.1) is 19.4 Å². The number of guanidine groups is 1. The van der Waals surface area contributed by atoms with Crippen LogP contribution in [0.25, 0.3) is 0 Å². The Balaban J connectivity index is 0.00000363. The van der Waals surface area contributed by atoms with Crippen molar-refractivity contribution in [2.45, 2.75) is 32.2 Å². The first-order chi connectivity index (χ1) is 15.2. The van der Waals surface area contributed by atoms with E-state index in [4.69, 9.17) is 18.9 Å². The van der Waals surface area contributed by atoms with Crippen molar-refractivity contribution < 1.29 is 18.7 Å². The summed E-state index contributed by atoms with van der Waals surface area (Å²) in [6, 6.07) is 13.8. The van der Waals surface area contributed by atoms with Crippen molar-refractivity contribution in [1.82, 2.24) is 15.5 Å². The third-order valence-electron chi connectivity index (χ3n) is 4.98. The molecule has 3 rings (SSSR count). The molecule has 9 heteroatoms. The summed E-state index contributed by atoms with van der Waals surface area (Å²) in [5, 5.41) is 6.85. The molecule has 0 radical (unpaired) electrons. The Kier molecular flexibility index (Phi) is 11.8. The van der Waals surface area contributed by atoms with Gasteiger partial charge >= 0.3 is 6.09 Å². The fourth-order valence-electron chi connectivity index (χ4n) is 3.35. The van der Waals surface area contributed by atoms with E-state index in [1.165, 1.54) is 0 Å². The minimum Gasteiger partial charge on any atom is -0.492 e. The van der Waals surface area contributed by atoms with Gasteiger partial charge in [0.15, 0.2) is 5.96 Å². The Bertz CT molecular complexity index is 794. The second-order valence-corrected chi connectivity index (χ2v) is 7.25. The average Bonchev–Trinajstić information content (AvgIpc) is 3.31. The van der Waals surface area contributed by atoms with Gasteiger partial charge in [-0.1, -0.05) is 18.2 Å². The molecule has 1 fully saturated rings. The summed E-state index contributed by atoms with van der Waals surface area (Å²) >= 11 is 0. The molecule has 0 atom stereocenters. The van der Waals surface area contributed by atoms with Crippen molar-refractivity contribution in [3.8, 4) is 5.75 Å². The van der Waals surface area contributed by atoms with Crippen molar-refractivity contribution >= 4 is 36.0 Å². The number of piperidine rings is 1. The van der Waals surface area contributed by atoms with Crippen molar-refractivity contribution in [1.29, 1.82) is 0 Å². The summed E-state index contributed by atoms with van der Waals surface area (Å²) < 4.78 is 16.2. The Morgan fingerprint density at radius 1 is 1.19 bits per heavy atom. The minimum atomic E-state index is -0.232. The number of rotatable bonds is 9. The summed E-state index contributed by atoms with van der Waals surface area (Å²) in [7, 11) is 0. The fourth-order valence-corrected chi connectivity index (χ4v) is 3.35. The molecular formula is C23H33IN4O4. The lowest BCUT2D eigenvalue weighted by atomic mass is 10.1. The van der Waals surface area contributed by atoms with Crippen LogP contribution in [0.1, 0.15) is 25.5 Å². The van der Waals surface area contributed by atoms with E-state index in [0.717, 1.165) is 36.7 Å². The van der Waals surface area contributed by atoms with Crippen LogP contribution >= 0.6 is 24.0 Å². The number of hydrogen-bond donors (Lipinski definition) is 2. The van der Waals surface area contributed by atoms with E-state index in [0.29, 0.717) is 39.4 Å². The summed E-state index contributed by atoms with van der Waals surface area (Å²) in [5.41, 5.74) is 0. The van der Waals surface area contributed by atoms with Gasteiger partial charge in [-0.3, -0.25) is 4.99 Å². The number of halogens is 1. The van der Waals surface area contributed by atoms with Crippen LogP contribution in [0.3, 0.4) is 0 Å². The van der Waals surface area contributed by atoms with Gasteiger partial charge < -0.3 is 29.4 Å². The van der Waals surface area contributed by atoms with Crippen LogP contribution in [-0.4, -0.2) is 62.4 Å². The SMILES string of the molecule is CCOC(=O)N1CCC(NC(=NCCc2ccco2)NCCOc2ccccc2)CC1.I. The zero-order valence-electron chi connectivity index (χ0n) is 18.5. The number of aliphatic imine (C=N–C) groups is 1. The van der Waals surface area contributed by atoms with E-state index in [-0.39, 0.29) is 36.1 Å². The van der Waals surface area contributed by atoms with Crippen molar-refractivity contribution in [3.63, 3.8) is 0 Å². The molecule has 0 spiro atoms. The summed E-state index contributed by atoms with van der Waals surface area (Å²) in [5.74, 6) is 2.51. The highest BCUT2D eigenvalue weighted by Gasteiger charge is 2.24. The van der Waals surface area contributed by atoms with E-state index in [2.05, 4.69) is 10.6 Å². The molecule has 1 aromatic heterocycles. The monoisotopic (exact) mass is 556 g/mol. The van der Waals surface area contributed by atoms with E-state index in [9.17, 15) is 4.79 Å². The summed E-state index contributed by atoms with van der Waals surface area (Å²) in [6.45, 7) is 5.35. The third-order valence-corrected chi connectivity index (χ3v) is 4.98. The van der Waals surface area contributed by atoms with Gasteiger partial charge in [-0.25, -0.2) is 4.79 Å². The van der Waals surface area contributed by atoms with Gasteiger partial charge in [-0.2, -0.15) is 0 Å². The first-order valence-electron chi connectivity index (χ1n) is 10.9. The Hall–Kier alpha value is -2.43. The minimum absolute atomic E-state index is 0. The van der Waals surface area contributed by atoms with Crippen LogP contribution in [0.4, 0.5) is 4.79 Å². The van der Waals surface area contributed by atoms with Gasteiger partial charge in [-0.15, -0.1) is 24.0 Å². The van der Waals surface area contributed by atoms with Crippen LogP contribution < -0.4 is 15.4 Å². The molecule has 0 saturated carbocycles. The number of furan rings is 1. The Morgan fingerprint density at radius 2 is 1.97 bits per heavy atom. The molecule has 0 unspecified atom stereocenters. The lowest BCUT2D eigenvalue weighted by Crippen LogP contribution is -2.50. The molecule has 1 aromatic carbocycles. The maximum atomic E-state index is 11.9. The smallest absolute Gasteiger partial charge is 0.409 e. The van der Waals surface area contributed by atoms with Crippen LogP contribution in [-0.2, 0) is 11.2 Å². The van der Waals surface area contributed by atoms with E-state index in [1.807, 2.05) is 49.4 Å². The molecule has 1 aliphatic rings. The van der Waals surface area contributed by atoms with Crippen LogP contribution in [0.15, 0.2) is 58.1 Å². The lowest BCUT2D eigenvalue weighted by molar-refractivity contribution is 0.0963. The molecular weight excluding hydrogens is 523 g/mol. The molecule has 2 N–H and O–H groups in total. The number of likely N-dealkylation sites (tertiary alicyclic amines) is 1. The standard InChI is InChI=1S/C23H32N4O4.HI/c1-2-29-23(28)27-15-11-19(12-16-27)26-22(24-13-10-21-9-6-17-30-21)25-14-18-31-20-7-4-3-5-8-20;/h3-9,17,19H,2,10-16,18H2,1H3,(H2,24,25,26);1H. The predicted molar refractivity (Wildman–Crippen MR) is 135 cm³/mol. The second-order valence-electron chi connectivity index (χ2n) is 7.25. The number of amides is 1. The predicted octanol–water partition coefficient (Wildman–Crippen LogP) is 3.68. The van der Waals surface area contributed by atoms with E-state index >= 15 is 0 Å². The number of carbonyl (C=O) groups excluding carboxylic acids is 1. The molecule has 2 heterocycles. The molecule has 176 valence electrons. The number of nitrogens with zero attached hydrogens (tertiary/aromatic N) is 2. The molecule has 1 saturated heterocycles. The van der Waals surface area contributed by atoms with Crippen LogP contribution in [0.5, 0.6) is 5.75 Å². The first-order valence-corrected chi connectivity index (χ1v) is 10.9. The fraction of sp³-hybridized carbons (Fsp3) is 0.478. The van der Waals surface area contributed by atoms with Crippen LogP contribution in [0, 0.1) is 0 Å². The lowest BCUT2D eigenvalue weighted by Gasteiger charge is -2.32. The van der Waals surface area contributed by atoms with Gasteiger partial charge in [0.25, 0.3) is 0 Å². The van der Waals surface area contributed by atoms with E-state index in [1.54, 1.807) is 11.2 Å². The van der Waals surface area contributed by atoms with Crippen molar-refractivity contribution in [2.75, 3.05) is 39.4 Å². The molecule has 1 amide bonds. The molecule has 0 bridgehead atoms. The third kappa shape index (κ3) is 8.97. The van der Waals surface area contributed by atoms with E-state index < -0.39 is 0 Å². The molecule has 8 nitrogen and oxygen atoms in total. The number of carbonyl (C=O) groups is 1. The summed E-state index contributed by atoms with van der Waals surface area (Å²) in [6.07, 6.45) is 3.87. The number of nitrogens with one attached hydrogen (secondary N) is 2. The van der Waals surface area contributed by atoms with Crippen LogP contribution in [0.2, 0.25) is 0 Å². The molecule has 2 aromatic rings. The Morgan fingerprint density at radius 3 is 2.66 bits per heavy atom. The number of ether oxygens (including phenoxy) is 2. The van der Waals surface area contributed by atoms with Gasteiger partial charge in [0.1, 0.15) is 18.1 Å². The second kappa shape index (κ2) is 14.6. The zero-order chi connectivity index (χ0) is 21.7. The number of hydrogen-bond acceptors (Lipinski definition) is 5. The highest BCUT2D eigenvalue weighted by molar-refractivity contribution is 14.0. The van der Waals surface area contributed by atoms with Gasteiger partial charge in [0.2, 0.25) is 0 Å². The Labute approximate surface area is 206 Å². The first kappa shape index (κ1) is 25.8.